The lowest BCUT2D eigenvalue weighted by atomic mass is 9.64. The molecule has 33 heavy (non-hydrogen) atoms. The molecule has 180 valence electrons. The van der Waals surface area contributed by atoms with Crippen LogP contribution in [0.15, 0.2) is 12.1 Å². The Morgan fingerprint density at radius 2 is 1.94 bits per heavy atom. The largest absolute Gasteiger partial charge is 0.508 e. The van der Waals surface area contributed by atoms with Crippen LogP contribution in [0.5, 0.6) is 5.75 Å². The first-order valence-corrected chi connectivity index (χ1v) is 11.3. The summed E-state index contributed by atoms with van der Waals surface area (Å²) >= 11 is 0. The number of aliphatic hydroxyl groups excluding tert-OH is 2. The summed E-state index contributed by atoms with van der Waals surface area (Å²) in [6.45, 7) is 3.50. The fraction of sp³-hybridized carbons (Fsp3) is 0.652. The number of hydrogen-bond donors (Lipinski definition) is 5. The summed E-state index contributed by atoms with van der Waals surface area (Å²) < 4.78 is 17.8. The summed E-state index contributed by atoms with van der Waals surface area (Å²) in [5.41, 5.74) is -2.87. The minimum absolute atomic E-state index is 0.0250. The quantitative estimate of drug-likeness (QED) is 0.400. The second kappa shape index (κ2) is 7.46. The summed E-state index contributed by atoms with van der Waals surface area (Å²) in [6, 6.07) is 3.18. The highest BCUT2D eigenvalue weighted by molar-refractivity contribution is 6.11. The number of rotatable bonds is 4. The molecule has 0 saturated carbocycles. The van der Waals surface area contributed by atoms with Crippen LogP contribution in [0.25, 0.3) is 0 Å². The molecule has 1 aromatic carbocycles. The third kappa shape index (κ3) is 2.82. The van der Waals surface area contributed by atoms with E-state index in [1.165, 1.54) is 6.07 Å². The second-order valence-corrected chi connectivity index (χ2v) is 9.49. The zero-order valence-corrected chi connectivity index (χ0v) is 18.6. The van der Waals surface area contributed by atoms with Gasteiger partial charge in [-0.3, -0.25) is 9.59 Å². The van der Waals surface area contributed by atoms with Crippen molar-refractivity contribution in [3.8, 4) is 5.75 Å². The minimum atomic E-state index is -1.85. The second-order valence-electron chi connectivity index (χ2n) is 9.49. The van der Waals surface area contributed by atoms with Gasteiger partial charge in [0.05, 0.1) is 30.8 Å². The van der Waals surface area contributed by atoms with Crippen molar-refractivity contribution < 1.29 is 44.2 Å². The van der Waals surface area contributed by atoms with E-state index in [1.807, 2.05) is 14.0 Å². The van der Waals surface area contributed by atoms with Gasteiger partial charge >= 0.3 is 5.97 Å². The molecule has 0 radical (unpaired) electrons. The van der Waals surface area contributed by atoms with E-state index in [0.717, 1.165) is 6.42 Å². The maximum Gasteiger partial charge on any atom is 0.306 e. The molecule has 5 rings (SSSR count). The number of carbonyl (C=O) groups is 2. The molecular weight excluding hydrogens is 434 g/mol. The van der Waals surface area contributed by atoms with Crippen molar-refractivity contribution in [1.82, 2.24) is 5.32 Å². The Morgan fingerprint density at radius 1 is 1.21 bits per heavy atom. The Morgan fingerprint density at radius 3 is 2.58 bits per heavy atom. The smallest absolute Gasteiger partial charge is 0.306 e. The number of carboxylic acids is 1. The molecule has 0 bridgehead atoms. The number of carbonyl (C=O) groups excluding carboxylic acids is 1. The number of benzene rings is 1. The molecule has 3 aliphatic heterocycles. The lowest BCUT2D eigenvalue weighted by molar-refractivity contribution is -0.162. The molecule has 1 aliphatic carbocycles. The molecule has 3 heterocycles. The van der Waals surface area contributed by atoms with Crippen molar-refractivity contribution in [1.29, 1.82) is 0 Å². The Hall–Kier alpha value is -2.08. The van der Waals surface area contributed by atoms with Crippen LogP contribution < -0.4 is 5.32 Å². The summed E-state index contributed by atoms with van der Waals surface area (Å²) in [7, 11) is 1.86. The molecule has 3 saturated heterocycles. The van der Waals surface area contributed by atoms with Crippen molar-refractivity contribution in [3.63, 3.8) is 0 Å². The van der Waals surface area contributed by atoms with Gasteiger partial charge in [-0.1, -0.05) is 6.07 Å². The van der Waals surface area contributed by atoms with Gasteiger partial charge in [0.15, 0.2) is 11.2 Å². The molecule has 5 N–H and O–H groups in total. The molecule has 0 spiro atoms. The lowest BCUT2D eigenvalue weighted by Crippen LogP contribution is -2.63. The van der Waals surface area contributed by atoms with Gasteiger partial charge < -0.3 is 40.0 Å². The minimum Gasteiger partial charge on any atom is -0.508 e. The molecule has 3 fully saturated rings. The van der Waals surface area contributed by atoms with Crippen LogP contribution in [-0.2, 0) is 19.0 Å². The standard InChI is InChI=1S/C23H29NO9/c1-9-12(24-3)5-7-14(31-9)11-4-6-13(25)18-17(11)20(29)23-19(28)15(8-16(26)27)32-10(2)22(23,33-23)21(18)30/h4,6,9-10,12,14-15,19,21,24-25,28,30H,5,7-8H2,1-3H3,(H,26,27). The van der Waals surface area contributed by atoms with Gasteiger partial charge in [-0.05, 0) is 45.4 Å². The number of hydrogen-bond acceptors (Lipinski definition) is 9. The fourth-order valence-electron chi connectivity index (χ4n) is 6.21. The van der Waals surface area contributed by atoms with Crippen LogP contribution in [0.3, 0.4) is 0 Å². The van der Waals surface area contributed by atoms with Crippen molar-refractivity contribution in [2.45, 2.75) is 87.0 Å². The molecule has 0 aromatic heterocycles. The highest BCUT2D eigenvalue weighted by Crippen LogP contribution is 2.68. The number of phenolic OH excluding ortho intramolecular Hbond substituents is 1. The molecule has 4 aliphatic rings. The first-order chi connectivity index (χ1) is 15.6. The van der Waals surface area contributed by atoms with Gasteiger partial charge in [0.25, 0.3) is 0 Å². The van der Waals surface area contributed by atoms with E-state index in [2.05, 4.69) is 5.32 Å². The summed E-state index contributed by atoms with van der Waals surface area (Å²) in [6.07, 6.45) is -4.86. The number of Topliss-reactive ketones (excluding diaryl/α,β-unsaturated/α-hetero) is 1. The zero-order chi connectivity index (χ0) is 23.9. The molecular formula is C23H29NO9. The van der Waals surface area contributed by atoms with Crippen molar-refractivity contribution in [2.75, 3.05) is 7.05 Å². The molecule has 10 nitrogen and oxygen atoms in total. The van der Waals surface area contributed by atoms with Gasteiger partial charge in [-0.2, -0.15) is 0 Å². The van der Waals surface area contributed by atoms with Crippen LogP contribution in [-0.4, -0.2) is 80.9 Å². The highest BCUT2D eigenvalue weighted by atomic mass is 16.7. The maximum atomic E-state index is 14.0. The first kappa shape index (κ1) is 22.7. The third-order valence-corrected chi connectivity index (χ3v) is 7.90. The summed E-state index contributed by atoms with van der Waals surface area (Å²) in [4.78, 5) is 25.3. The molecule has 10 heteroatoms. The van der Waals surface area contributed by atoms with Gasteiger partial charge in [-0.15, -0.1) is 0 Å². The van der Waals surface area contributed by atoms with Crippen LogP contribution in [0, 0.1) is 0 Å². The topological polar surface area (TPSA) is 158 Å². The zero-order valence-electron chi connectivity index (χ0n) is 18.6. The fourth-order valence-corrected chi connectivity index (χ4v) is 6.21. The number of likely N-dealkylation sites (N-methyl/N-ethyl adjacent to an activating group) is 1. The van der Waals surface area contributed by atoms with Crippen molar-refractivity contribution in [2.24, 2.45) is 0 Å². The molecule has 9 atom stereocenters. The Bertz CT molecular complexity index is 1010. The maximum absolute atomic E-state index is 14.0. The van der Waals surface area contributed by atoms with Crippen molar-refractivity contribution >= 4 is 11.8 Å². The summed E-state index contributed by atoms with van der Waals surface area (Å²) in [5, 5.41) is 45.5. The normalized spacial score (nSPS) is 43.9. The van der Waals surface area contributed by atoms with E-state index < -0.39 is 59.9 Å². The van der Waals surface area contributed by atoms with Crippen LogP contribution in [0.4, 0.5) is 0 Å². The SMILES string of the molecule is CNC1CCC(c2ccc(O)c3c2C(=O)C24OC2(C(C)OC(CC(=O)O)C4O)C3O)OC1C. The van der Waals surface area contributed by atoms with E-state index in [1.54, 1.807) is 13.0 Å². The van der Waals surface area contributed by atoms with E-state index in [4.69, 9.17) is 14.2 Å². The first-order valence-electron chi connectivity index (χ1n) is 11.3. The number of ether oxygens (including phenoxy) is 3. The van der Waals surface area contributed by atoms with Gasteiger partial charge in [0.2, 0.25) is 5.78 Å². The van der Waals surface area contributed by atoms with Crippen LogP contribution in [0.1, 0.15) is 66.8 Å². The van der Waals surface area contributed by atoms with Gasteiger partial charge in [-0.25, -0.2) is 0 Å². The van der Waals surface area contributed by atoms with E-state index in [-0.39, 0.29) is 29.0 Å². The Kier molecular flexibility index (Phi) is 5.13. The molecule has 1 aromatic rings. The van der Waals surface area contributed by atoms with E-state index in [0.29, 0.717) is 12.0 Å². The van der Waals surface area contributed by atoms with Crippen molar-refractivity contribution in [3.05, 3.63) is 28.8 Å². The molecule has 0 amide bonds. The third-order valence-electron chi connectivity index (χ3n) is 7.90. The van der Waals surface area contributed by atoms with Gasteiger partial charge in [0.1, 0.15) is 18.0 Å². The van der Waals surface area contributed by atoms with Crippen LogP contribution in [0.2, 0.25) is 0 Å². The monoisotopic (exact) mass is 463 g/mol. The van der Waals surface area contributed by atoms with E-state index >= 15 is 0 Å². The predicted octanol–water partition coefficient (Wildman–Crippen LogP) is 0.581. The number of fused-ring (bicyclic) bond motifs is 1. The lowest BCUT2D eigenvalue weighted by Gasteiger charge is -2.44. The number of epoxide rings is 1. The number of ketones is 1. The number of nitrogens with one attached hydrogen (secondary N) is 1. The van der Waals surface area contributed by atoms with E-state index in [9.17, 15) is 30.0 Å². The van der Waals surface area contributed by atoms with Crippen LogP contribution >= 0.6 is 0 Å². The number of carboxylic acid groups (broad SMARTS) is 1. The molecule has 9 unspecified atom stereocenters. The average Bonchev–Trinajstić information content (AvgIpc) is 3.50. The summed E-state index contributed by atoms with van der Waals surface area (Å²) in [5.74, 6) is -2.06. The number of aromatic hydroxyl groups is 1. The van der Waals surface area contributed by atoms with Gasteiger partial charge in [0, 0.05) is 17.2 Å². The predicted molar refractivity (Wildman–Crippen MR) is 112 cm³/mol. The number of aliphatic carboxylic acids is 1. The number of aliphatic hydroxyl groups is 2. The highest BCUT2D eigenvalue weighted by Gasteiger charge is 2.88. The Labute approximate surface area is 190 Å². The Balaban J connectivity index is 1.61. The average molecular weight is 463 g/mol. The number of phenols is 1.